The molecule has 3 nitrogen and oxygen atoms in total. The maximum Gasteiger partial charge on any atom is 0.303 e. The topological polar surface area (TPSA) is 50.2 Å². The van der Waals surface area contributed by atoms with Gasteiger partial charge in [0, 0.05) is 28.9 Å². The van der Waals surface area contributed by atoms with Crippen molar-refractivity contribution < 1.29 is 9.90 Å². The van der Waals surface area contributed by atoms with Crippen molar-refractivity contribution in [1.29, 1.82) is 0 Å². The van der Waals surface area contributed by atoms with Crippen LogP contribution < -0.4 is 0 Å². The third-order valence-electron chi connectivity index (χ3n) is 3.32. The second-order valence-electron chi connectivity index (χ2n) is 5.01. The third kappa shape index (κ3) is 5.11. The lowest BCUT2D eigenvalue weighted by Crippen LogP contribution is -1.93. The first-order valence-electron chi connectivity index (χ1n) is 7.25. The molecule has 2 rings (SSSR count). The Kier molecular flexibility index (Phi) is 6.34. The SMILES string of the molecule is O=C(O)CCCC/C=C(\c1ccc(Br)cc1)c1cccnc1. The molecule has 0 saturated carbocycles. The van der Waals surface area contributed by atoms with E-state index >= 15 is 0 Å². The molecule has 0 aliphatic carbocycles. The number of pyridine rings is 1. The van der Waals surface area contributed by atoms with Crippen LogP contribution in [0, 0.1) is 0 Å². The molecule has 1 N–H and O–H groups in total. The zero-order valence-electron chi connectivity index (χ0n) is 12.2. The van der Waals surface area contributed by atoms with E-state index in [2.05, 4.69) is 39.1 Å². The number of nitrogens with zero attached hydrogens (tertiary/aromatic N) is 1. The van der Waals surface area contributed by atoms with Crippen LogP contribution in [0.4, 0.5) is 0 Å². The molecule has 22 heavy (non-hydrogen) atoms. The molecule has 0 atom stereocenters. The maximum absolute atomic E-state index is 10.5. The third-order valence-corrected chi connectivity index (χ3v) is 3.85. The number of carboxylic acid groups (broad SMARTS) is 1. The lowest BCUT2D eigenvalue weighted by molar-refractivity contribution is -0.137. The summed E-state index contributed by atoms with van der Waals surface area (Å²) in [6.45, 7) is 0. The summed E-state index contributed by atoms with van der Waals surface area (Å²) in [4.78, 5) is 14.7. The first-order valence-corrected chi connectivity index (χ1v) is 8.04. The van der Waals surface area contributed by atoms with Crippen molar-refractivity contribution in [2.45, 2.75) is 25.7 Å². The number of allylic oxidation sites excluding steroid dienone is 1. The second kappa shape index (κ2) is 8.49. The van der Waals surface area contributed by atoms with E-state index in [9.17, 15) is 4.79 Å². The minimum atomic E-state index is -0.732. The highest BCUT2D eigenvalue weighted by Gasteiger charge is 2.05. The Hall–Kier alpha value is -1.94. The van der Waals surface area contributed by atoms with Crippen LogP contribution in [0.1, 0.15) is 36.8 Å². The summed E-state index contributed by atoms with van der Waals surface area (Å²) in [6, 6.07) is 12.1. The molecule has 0 spiro atoms. The molecule has 1 aromatic carbocycles. The molecule has 0 radical (unpaired) electrons. The smallest absolute Gasteiger partial charge is 0.303 e. The lowest BCUT2D eigenvalue weighted by atomic mass is 9.97. The quantitative estimate of drug-likeness (QED) is 0.713. The number of hydrogen-bond donors (Lipinski definition) is 1. The van der Waals surface area contributed by atoms with Crippen molar-refractivity contribution in [3.8, 4) is 0 Å². The summed E-state index contributed by atoms with van der Waals surface area (Å²) in [5.41, 5.74) is 3.34. The Balaban J connectivity index is 2.15. The lowest BCUT2D eigenvalue weighted by Gasteiger charge is -2.08. The highest BCUT2D eigenvalue weighted by atomic mass is 79.9. The minimum Gasteiger partial charge on any atom is -0.481 e. The average Bonchev–Trinajstić information content (AvgIpc) is 2.53. The monoisotopic (exact) mass is 359 g/mol. The number of hydrogen-bond acceptors (Lipinski definition) is 2. The summed E-state index contributed by atoms with van der Waals surface area (Å²) >= 11 is 3.45. The van der Waals surface area contributed by atoms with Gasteiger partial charge in [-0.05, 0) is 48.6 Å². The van der Waals surface area contributed by atoms with Crippen molar-refractivity contribution >= 4 is 27.5 Å². The van der Waals surface area contributed by atoms with Gasteiger partial charge in [-0.2, -0.15) is 0 Å². The molecule has 0 amide bonds. The van der Waals surface area contributed by atoms with Gasteiger partial charge in [0.25, 0.3) is 0 Å². The highest BCUT2D eigenvalue weighted by molar-refractivity contribution is 9.10. The van der Waals surface area contributed by atoms with Crippen LogP contribution in [0.25, 0.3) is 5.57 Å². The van der Waals surface area contributed by atoms with E-state index in [0.29, 0.717) is 6.42 Å². The summed E-state index contributed by atoms with van der Waals surface area (Å²) in [7, 11) is 0. The van der Waals surface area contributed by atoms with Crippen LogP contribution in [0.15, 0.2) is 59.3 Å². The van der Waals surface area contributed by atoms with Crippen molar-refractivity contribution in [1.82, 2.24) is 4.98 Å². The molecule has 2 aromatic rings. The molecule has 0 unspecified atom stereocenters. The highest BCUT2D eigenvalue weighted by Crippen LogP contribution is 2.25. The van der Waals surface area contributed by atoms with Gasteiger partial charge in [0.05, 0.1) is 0 Å². The molecular weight excluding hydrogens is 342 g/mol. The summed E-state index contributed by atoms with van der Waals surface area (Å²) in [6.07, 6.45) is 8.43. The van der Waals surface area contributed by atoms with Crippen LogP contribution in [0.3, 0.4) is 0 Å². The standard InChI is InChI=1S/C18H18BrNO2/c19-16-10-8-14(9-11-16)17(15-5-4-12-20-13-15)6-2-1-3-7-18(21)22/h4-6,8-13H,1-3,7H2,(H,21,22)/b17-6+. The van der Waals surface area contributed by atoms with Gasteiger partial charge in [-0.3, -0.25) is 9.78 Å². The number of carboxylic acids is 1. The van der Waals surface area contributed by atoms with Gasteiger partial charge in [0.15, 0.2) is 0 Å². The Morgan fingerprint density at radius 3 is 2.55 bits per heavy atom. The van der Waals surface area contributed by atoms with Gasteiger partial charge in [-0.25, -0.2) is 0 Å². The molecule has 0 bridgehead atoms. The Morgan fingerprint density at radius 2 is 1.91 bits per heavy atom. The van der Waals surface area contributed by atoms with Crippen LogP contribution in [-0.4, -0.2) is 16.1 Å². The fourth-order valence-corrected chi connectivity index (χ4v) is 2.49. The predicted molar refractivity (Wildman–Crippen MR) is 91.6 cm³/mol. The molecular formula is C18H18BrNO2. The normalized spacial score (nSPS) is 11.4. The van der Waals surface area contributed by atoms with E-state index in [1.165, 1.54) is 0 Å². The van der Waals surface area contributed by atoms with E-state index in [1.54, 1.807) is 6.20 Å². The maximum atomic E-state index is 10.5. The van der Waals surface area contributed by atoms with Crippen molar-refractivity contribution in [2.75, 3.05) is 0 Å². The summed E-state index contributed by atoms with van der Waals surface area (Å²) in [5.74, 6) is -0.732. The van der Waals surface area contributed by atoms with E-state index in [1.807, 2.05) is 30.5 Å². The van der Waals surface area contributed by atoms with Gasteiger partial charge in [-0.15, -0.1) is 0 Å². The van der Waals surface area contributed by atoms with Crippen molar-refractivity contribution in [3.63, 3.8) is 0 Å². The molecule has 114 valence electrons. The second-order valence-corrected chi connectivity index (χ2v) is 5.92. The fraction of sp³-hybridized carbons (Fsp3) is 0.222. The van der Waals surface area contributed by atoms with E-state index in [4.69, 9.17) is 5.11 Å². The van der Waals surface area contributed by atoms with Gasteiger partial charge >= 0.3 is 5.97 Å². The van der Waals surface area contributed by atoms with Crippen LogP contribution in [0.5, 0.6) is 0 Å². The largest absolute Gasteiger partial charge is 0.481 e. The number of unbranched alkanes of at least 4 members (excludes halogenated alkanes) is 2. The van der Waals surface area contributed by atoms with Crippen LogP contribution in [-0.2, 0) is 4.79 Å². The molecule has 0 fully saturated rings. The molecule has 0 aliphatic heterocycles. The van der Waals surface area contributed by atoms with Crippen LogP contribution >= 0.6 is 15.9 Å². The average molecular weight is 360 g/mol. The molecule has 0 aliphatic rings. The van der Waals surface area contributed by atoms with E-state index in [0.717, 1.165) is 34.0 Å². The summed E-state index contributed by atoms with van der Waals surface area (Å²) in [5, 5.41) is 8.68. The number of benzene rings is 1. The van der Waals surface area contributed by atoms with Gasteiger partial charge in [0.1, 0.15) is 0 Å². The zero-order chi connectivity index (χ0) is 15.8. The number of aliphatic carboxylic acids is 1. The first kappa shape index (κ1) is 16.4. The molecule has 0 saturated heterocycles. The van der Waals surface area contributed by atoms with Gasteiger partial charge in [-0.1, -0.05) is 40.2 Å². The first-order chi connectivity index (χ1) is 10.7. The number of rotatable bonds is 7. The fourth-order valence-electron chi connectivity index (χ4n) is 2.22. The number of aromatic nitrogens is 1. The van der Waals surface area contributed by atoms with E-state index < -0.39 is 5.97 Å². The number of halogens is 1. The molecule has 1 aromatic heterocycles. The summed E-state index contributed by atoms with van der Waals surface area (Å²) < 4.78 is 1.04. The van der Waals surface area contributed by atoms with E-state index in [-0.39, 0.29) is 6.42 Å². The Morgan fingerprint density at radius 1 is 1.14 bits per heavy atom. The Labute approximate surface area is 138 Å². The molecule has 1 heterocycles. The Bertz CT molecular complexity index is 636. The predicted octanol–water partition coefficient (Wildman–Crippen LogP) is 4.92. The van der Waals surface area contributed by atoms with Crippen molar-refractivity contribution in [2.24, 2.45) is 0 Å². The molecule has 4 heteroatoms. The van der Waals surface area contributed by atoms with Gasteiger partial charge in [0.2, 0.25) is 0 Å². The van der Waals surface area contributed by atoms with Crippen molar-refractivity contribution in [3.05, 3.63) is 70.5 Å². The zero-order valence-corrected chi connectivity index (χ0v) is 13.8. The van der Waals surface area contributed by atoms with Crippen LogP contribution in [0.2, 0.25) is 0 Å². The number of carbonyl (C=O) groups is 1. The minimum absolute atomic E-state index is 0.231. The van der Waals surface area contributed by atoms with Gasteiger partial charge < -0.3 is 5.11 Å².